The van der Waals surface area contributed by atoms with Crippen molar-refractivity contribution < 1.29 is 0 Å². The van der Waals surface area contributed by atoms with Gasteiger partial charge >= 0.3 is 0 Å². The molecule has 12 heavy (non-hydrogen) atoms. The first kappa shape index (κ1) is 8.54. The summed E-state index contributed by atoms with van der Waals surface area (Å²) in [5, 5.41) is 0. The van der Waals surface area contributed by atoms with Crippen molar-refractivity contribution in [2.24, 2.45) is 0 Å². The molecule has 0 N–H and O–H groups in total. The predicted molar refractivity (Wildman–Crippen MR) is 54.8 cm³/mol. The van der Waals surface area contributed by atoms with Gasteiger partial charge < -0.3 is 0 Å². The Morgan fingerprint density at radius 3 is 0.333 bits per heavy atom. The predicted octanol–water partition coefficient (Wildman–Crippen LogP) is 3.34. The zero-order chi connectivity index (χ0) is 8.49. The molecule has 1 aliphatic carbocycles. The maximum Gasteiger partial charge on any atom is -0.0623 e. The van der Waals surface area contributed by atoms with Crippen molar-refractivity contribution in [3.8, 4) is 0 Å². The Labute approximate surface area is 73.6 Å². The summed E-state index contributed by atoms with van der Waals surface area (Å²) in [6.07, 6.45) is 24.0. The van der Waals surface area contributed by atoms with Crippen molar-refractivity contribution in [1.82, 2.24) is 0 Å². The van der Waals surface area contributed by atoms with Crippen LogP contribution >= 0.6 is 0 Å². The molecule has 0 aromatic heterocycles. The average molecular weight is 156 g/mol. The molecule has 0 bridgehead atoms. The Morgan fingerprint density at radius 2 is 0.250 bits per heavy atom. The van der Waals surface area contributed by atoms with E-state index in [1.54, 1.807) is 0 Å². The molecule has 0 saturated carbocycles. The monoisotopic (exact) mass is 156 g/mol. The van der Waals surface area contributed by atoms with Gasteiger partial charge in [-0.05, 0) is 0 Å². The molecule has 0 saturated heterocycles. The second-order valence-electron chi connectivity index (χ2n) is 2.31. The first-order valence-corrected chi connectivity index (χ1v) is 4.00. The molecule has 0 aromatic rings. The number of allylic oxidation sites excluding steroid dienone is 12. The molecule has 0 amide bonds. The molecule has 0 aliphatic heterocycles. The first-order valence-electron chi connectivity index (χ1n) is 4.00. The fourth-order valence-electron chi connectivity index (χ4n) is 0.770. The molecular formula is C12H12. The molecule has 1 rings (SSSR count). The quantitative estimate of drug-likeness (QED) is 0.504. The van der Waals surface area contributed by atoms with E-state index in [1.807, 2.05) is 72.9 Å². The van der Waals surface area contributed by atoms with Gasteiger partial charge in [0.2, 0.25) is 0 Å². The summed E-state index contributed by atoms with van der Waals surface area (Å²) in [6, 6.07) is 0. The highest BCUT2D eigenvalue weighted by Crippen LogP contribution is 1.87. The van der Waals surface area contributed by atoms with Crippen molar-refractivity contribution >= 4 is 0 Å². The third-order valence-electron chi connectivity index (χ3n) is 1.33. The number of hydrogen-bond donors (Lipinski definition) is 0. The van der Waals surface area contributed by atoms with Crippen LogP contribution < -0.4 is 0 Å². The summed E-state index contributed by atoms with van der Waals surface area (Å²) in [5.74, 6) is 0. The van der Waals surface area contributed by atoms with Crippen molar-refractivity contribution in [1.29, 1.82) is 0 Å². The Morgan fingerprint density at radius 1 is 0.167 bits per heavy atom. The van der Waals surface area contributed by atoms with Gasteiger partial charge in [0.25, 0.3) is 0 Å². The van der Waals surface area contributed by atoms with Crippen LogP contribution in [0.25, 0.3) is 0 Å². The summed E-state index contributed by atoms with van der Waals surface area (Å²) in [5.41, 5.74) is 0. The van der Waals surface area contributed by atoms with Crippen LogP contribution in [0.4, 0.5) is 0 Å². The van der Waals surface area contributed by atoms with Gasteiger partial charge in [0.15, 0.2) is 0 Å². The minimum atomic E-state index is 2.00. The third-order valence-corrected chi connectivity index (χ3v) is 1.33. The lowest BCUT2D eigenvalue weighted by Crippen LogP contribution is -1.55. The van der Waals surface area contributed by atoms with Crippen molar-refractivity contribution in [3.05, 3.63) is 72.9 Å². The fraction of sp³-hybridized carbons (Fsp3) is 0. The van der Waals surface area contributed by atoms with Gasteiger partial charge in [-0.3, -0.25) is 0 Å². The average Bonchev–Trinajstić information content (AvgIpc) is 2.05. The Hall–Kier alpha value is -1.56. The van der Waals surface area contributed by atoms with Gasteiger partial charge in [0.1, 0.15) is 0 Å². The van der Waals surface area contributed by atoms with Crippen LogP contribution in [0.5, 0.6) is 0 Å². The molecule has 0 heterocycles. The van der Waals surface area contributed by atoms with Crippen LogP contribution in [-0.4, -0.2) is 0 Å². The van der Waals surface area contributed by atoms with Crippen LogP contribution in [0, 0.1) is 0 Å². The highest BCUT2D eigenvalue weighted by atomic mass is 13.7. The zero-order valence-corrected chi connectivity index (χ0v) is 6.93. The van der Waals surface area contributed by atoms with Crippen LogP contribution in [0.2, 0.25) is 0 Å². The van der Waals surface area contributed by atoms with E-state index in [-0.39, 0.29) is 0 Å². The minimum absolute atomic E-state index is 2.00. The second kappa shape index (κ2) is 6.17. The molecule has 0 aromatic carbocycles. The van der Waals surface area contributed by atoms with Crippen LogP contribution in [0.3, 0.4) is 0 Å². The molecule has 60 valence electrons. The highest BCUT2D eigenvalue weighted by molar-refractivity contribution is 5.23. The van der Waals surface area contributed by atoms with E-state index in [0.29, 0.717) is 0 Å². The normalized spacial score (nSPS) is 32.0. The maximum atomic E-state index is 2.00. The third kappa shape index (κ3) is 4.29. The Bertz CT molecular complexity index is 169. The highest BCUT2D eigenvalue weighted by Gasteiger charge is 1.65. The summed E-state index contributed by atoms with van der Waals surface area (Å²) in [7, 11) is 0. The van der Waals surface area contributed by atoms with Gasteiger partial charge in [-0.1, -0.05) is 72.9 Å². The lowest BCUT2D eigenvalue weighted by Gasteiger charge is -1.77. The molecule has 0 atom stereocenters. The van der Waals surface area contributed by atoms with Crippen LogP contribution in [-0.2, 0) is 0 Å². The van der Waals surface area contributed by atoms with Crippen LogP contribution in [0.15, 0.2) is 72.9 Å². The minimum Gasteiger partial charge on any atom is -0.0623 e. The molecule has 0 nitrogen and oxygen atoms in total. The SMILES string of the molecule is C1=C\C=C\C=C\C=C\C=C/C=C/1. The summed E-state index contributed by atoms with van der Waals surface area (Å²) >= 11 is 0. The lowest BCUT2D eigenvalue weighted by molar-refractivity contribution is 1.81. The smallest absolute Gasteiger partial charge is 0.0623 e. The first-order chi connectivity index (χ1) is 6.00. The van der Waals surface area contributed by atoms with Crippen molar-refractivity contribution in [3.63, 3.8) is 0 Å². The molecule has 0 spiro atoms. The standard InChI is InChI=1S/C12H12/c1-2-4-6-8-10-12-11-9-7-5-3-1/h1-12H/b2-1-,3-1?,4-2?,5-3+,6-4+,7-5?,8-6?,9-7-,10-8+,11-9?,12-10?,12-11+. The number of rotatable bonds is 0. The summed E-state index contributed by atoms with van der Waals surface area (Å²) < 4.78 is 0. The largest absolute Gasteiger partial charge is 0.0623 e. The van der Waals surface area contributed by atoms with Gasteiger partial charge in [-0.2, -0.15) is 0 Å². The van der Waals surface area contributed by atoms with E-state index >= 15 is 0 Å². The summed E-state index contributed by atoms with van der Waals surface area (Å²) in [4.78, 5) is 0. The van der Waals surface area contributed by atoms with Gasteiger partial charge in [-0.25, -0.2) is 0 Å². The molecule has 0 heteroatoms. The van der Waals surface area contributed by atoms with E-state index in [1.165, 1.54) is 0 Å². The van der Waals surface area contributed by atoms with Gasteiger partial charge in [0, 0.05) is 0 Å². The van der Waals surface area contributed by atoms with E-state index in [0.717, 1.165) is 0 Å². The molecular weight excluding hydrogens is 144 g/mol. The number of hydrogen-bond acceptors (Lipinski definition) is 0. The maximum absolute atomic E-state index is 2.00. The fourth-order valence-corrected chi connectivity index (χ4v) is 0.770. The van der Waals surface area contributed by atoms with Crippen molar-refractivity contribution in [2.45, 2.75) is 0 Å². The molecule has 0 radical (unpaired) electrons. The van der Waals surface area contributed by atoms with E-state index in [9.17, 15) is 0 Å². The summed E-state index contributed by atoms with van der Waals surface area (Å²) in [6.45, 7) is 0. The molecule has 0 fully saturated rings. The van der Waals surface area contributed by atoms with Crippen molar-refractivity contribution in [2.75, 3.05) is 0 Å². The van der Waals surface area contributed by atoms with E-state index < -0.39 is 0 Å². The Balaban J connectivity index is 2.67. The molecule has 0 unspecified atom stereocenters. The van der Waals surface area contributed by atoms with Crippen LogP contribution in [0.1, 0.15) is 0 Å². The van der Waals surface area contributed by atoms with Gasteiger partial charge in [0.05, 0.1) is 0 Å². The topological polar surface area (TPSA) is 0 Å². The van der Waals surface area contributed by atoms with E-state index in [4.69, 9.17) is 0 Å². The lowest BCUT2D eigenvalue weighted by atomic mass is 10.3. The molecule has 1 aliphatic rings. The van der Waals surface area contributed by atoms with Gasteiger partial charge in [-0.15, -0.1) is 0 Å². The Kier molecular flexibility index (Phi) is 4.39. The second-order valence-corrected chi connectivity index (χ2v) is 2.31. The van der Waals surface area contributed by atoms with E-state index in [2.05, 4.69) is 0 Å². The zero-order valence-electron chi connectivity index (χ0n) is 6.93.